The Kier molecular flexibility index (Phi) is 3.23. The Bertz CT molecular complexity index is 811. The van der Waals surface area contributed by atoms with Crippen molar-refractivity contribution < 1.29 is 18.8 Å². The van der Waals surface area contributed by atoms with Gasteiger partial charge in [-0.25, -0.2) is 9.18 Å². The van der Waals surface area contributed by atoms with Gasteiger partial charge in [0, 0.05) is 17.2 Å². The monoisotopic (exact) mass is 283 g/mol. The Morgan fingerprint density at radius 2 is 1.81 bits per heavy atom. The molecular weight excluding hydrogens is 273 g/mol. The molecule has 0 unspecified atom stereocenters. The second kappa shape index (κ2) is 5.20. The minimum Gasteiger partial charge on any atom is -0.478 e. The lowest BCUT2D eigenvalue weighted by Crippen LogP contribution is -1.95. The van der Waals surface area contributed by atoms with Gasteiger partial charge in [-0.15, -0.1) is 0 Å². The van der Waals surface area contributed by atoms with E-state index in [1.807, 2.05) is 0 Å². The molecule has 21 heavy (non-hydrogen) atoms. The number of carboxylic acids is 1. The molecule has 4 nitrogen and oxygen atoms in total. The Balaban J connectivity index is 1.98. The SMILES string of the molecule is O=C(O)c1cccc(-c2cc(-c3cccc(F)c3)no2)c1. The summed E-state index contributed by atoms with van der Waals surface area (Å²) in [5.74, 6) is -0.941. The number of carbonyl (C=O) groups is 1. The van der Waals surface area contributed by atoms with E-state index in [1.165, 1.54) is 24.3 Å². The summed E-state index contributed by atoms with van der Waals surface area (Å²) in [6, 6.07) is 14.0. The normalized spacial score (nSPS) is 10.5. The highest BCUT2D eigenvalue weighted by Crippen LogP contribution is 2.26. The third-order valence-electron chi connectivity index (χ3n) is 3.02. The van der Waals surface area contributed by atoms with E-state index in [2.05, 4.69) is 5.16 Å². The molecule has 1 aromatic heterocycles. The number of nitrogens with zero attached hydrogens (tertiary/aromatic N) is 1. The van der Waals surface area contributed by atoms with Gasteiger partial charge in [0.25, 0.3) is 0 Å². The van der Waals surface area contributed by atoms with Gasteiger partial charge in [0.1, 0.15) is 11.5 Å². The molecule has 0 atom stereocenters. The molecule has 0 aliphatic carbocycles. The van der Waals surface area contributed by atoms with Crippen LogP contribution in [0.25, 0.3) is 22.6 Å². The first kappa shape index (κ1) is 13.1. The third kappa shape index (κ3) is 2.67. The molecule has 0 radical (unpaired) electrons. The second-order valence-electron chi connectivity index (χ2n) is 4.47. The lowest BCUT2D eigenvalue weighted by atomic mass is 10.1. The first-order valence-corrected chi connectivity index (χ1v) is 6.20. The van der Waals surface area contributed by atoms with Crippen molar-refractivity contribution in [2.24, 2.45) is 0 Å². The van der Waals surface area contributed by atoms with E-state index in [0.717, 1.165) is 0 Å². The summed E-state index contributed by atoms with van der Waals surface area (Å²) >= 11 is 0. The number of aromatic carboxylic acids is 1. The average molecular weight is 283 g/mol. The largest absolute Gasteiger partial charge is 0.478 e. The highest BCUT2D eigenvalue weighted by atomic mass is 19.1. The van der Waals surface area contributed by atoms with Crippen LogP contribution < -0.4 is 0 Å². The van der Waals surface area contributed by atoms with Crippen LogP contribution in [0.2, 0.25) is 0 Å². The van der Waals surface area contributed by atoms with Gasteiger partial charge in [0.15, 0.2) is 5.76 Å². The summed E-state index contributed by atoms with van der Waals surface area (Å²) in [7, 11) is 0. The lowest BCUT2D eigenvalue weighted by Gasteiger charge is -1.97. The molecule has 1 N–H and O–H groups in total. The number of hydrogen-bond acceptors (Lipinski definition) is 3. The van der Waals surface area contributed by atoms with E-state index in [9.17, 15) is 9.18 Å². The van der Waals surface area contributed by atoms with Gasteiger partial charge in [-0.05, 0) is 24.3 Å². The molecule has 104 valence electrons. The smallest absolute Gasteiger partial charge is 0.335 e. The average Bonchev–Trinajstić information content (AvgIpc) is 2.97. The maximum atomic E-state index is 13.2. The third-order valence-corrected chi connectivity index (χ3v) is 3.02. The number of halogens is 1. The summed E-state index contributed by atoms with van der Waals surface area (Å²) in [5, 5.41) is 12.9. The van der Waals surface area contributed by atoms with Crippen molar-refractivity contribution in [2.45, 2.75) is 0 Å². The number of rotatable bonds is 3. The minimum atomic E-state index is -1.01. The van der Waals surface area contributed by atoms with Gasteiger partial charge < -0.3 is 9.63 Å². The molecule has 0 fully saturated rings. The summed E-state index contributed by atoms with van der Waals surface area (Å²) in [6.45, 7) is 0. The van der Waals surface area contributed by atoms with Gasteiger partial charge in [-0.3, -0.25) is 0 Å². The zero-order valence-electron chi connectivity index (χ0n) is 10.8. The van der Waals surface area contributed by atoms with Crippen molar-refractivity contribution in [1.82, 2.24) is 5.16 Å². The molecule has 0 saturated carbocycles. The lowest BCUT2D eigenvalue weighted by molar-refractivity contribution is 0.0697. The quantitative estimate of drug-likeness (QED) is 0.793. The van der Waals surface area contributed by atoms with Crippen LogP contribution in [-0.2, 0) is 0 Å². The van der Waals surface area contributed by atoms with Crippen molar-refractivity contribution >= 4 is 5.97 Å². The fourth-order valence-electron chi connectivity index (χ4n) is 2.00. The molecule has 0 amide bonds. The first-order chi connectivity index (χ1) is 10.1. The van der Waals surface area contributed by atoms with Crippen LogP contribution in [-0.4, -0.2) is 16.2 Å². The van der Waals surface area contributed by atoms with Crippen LogP contribution in [0, 0.1) is 5.82 Å². The fourth-order valence-corrected chi connectivity index (χ4v) is 2.00. The maximum absolute atomic E-state index is 13.2. The van der Waals surface area contributed by atoms with Gasteiger partial charge >= 0.3 is 5.97 Å². The zero-order valence-corrected chi connectivity index (χ0v) is 10.8. The molecule has 5 heteroatoms. The highest BCUT2D eigenvalue weighted by molar-refractivity contribution is 5.89. The second-order valence-corrected chi connectivity index (χ2v) is 4.47. The topological polar surface area (TPSA) is 63.3 Å². The van der Waals surface area contributed by atoms with E-state index < -0.39 is 5.97 Å². The summed E-state index contributed by atoms with van der Waals surface area (Å²) < 4.78 is 18.4. The van der Waals surface area contributed by atoms with Crippen LogP contribution in [0.15, 0.2) is 59.1 Å². The van der Waals surface area contributed by atoms with E-state index >= 15 is 0 Å². The fraction of sp³-hybridized carbons (Fsp3) is 0. The van der Waals surface area contributed by atoms with Crippen molar-refractivity contribution in [3.05, 3.63) is 66.0 Å². The Morgan fingerprint density at radius 1 is 1.05 bits per heavy atom. The van der Waals surface area contributed by atoms with Crippen LogP contribution in [0.5, 0.6) is 0 Å². The van der Waals surface area contributed by atoms with E-state index in [-0.39, 0.29) is 11.4 Å². The molecule has 0 saturated heterocycles. The van der Waals surface area contributed by atoms with Crippen LogP contribution in [0.3, 0.4) is 0 Å². The molecule has 2 aromatic carbocycles. The number of benzene rings is 2. The molecule has 0 aliphatic rings. The van der Waals surface area contributed by atoms with Crippen molar-refractivity contribution in [1.29, 1.82) is 0 Å². The predicted octanol–water partition coefficient (Wildman–Crippen LogP) is 3.85. The molecular formula is C16H10FNO3. The molecule has 3 rings (SSSR count). The molecule has 0 aliphatic heterocycles. The standard InChI is InChI=1S/C16H10FNO3/c17-13-6-2-3-10(8-13)14-9-15(21-18-14)11-4-1-5-12(7-11)16(19)20/h1-9H,(H,19,20). The zero-order chi connectivity index (χ0) is 14.8. The molecule has 0 spiro atoms. The number of carboxylic acid groups (broad SMARTS) is 1. The van der Waals surface area contributed by atoms with E-state index in [0.29, 0.717) is 22.6 Å². The van der Waals surface area contributed by atoms with Gasteiger partial charge in [0.05, 0.1) is 5.56 Å². The molecule has 0 bridgehead atoms. The maximum Gasteiger partial charge on any atom is 0.335 e. The van der Waals surface area contributed by atoms with Crippen LogP contribution in [0.1, 0.15) is 10.4 Å². The van der Waals surface area contributed by atoms with E-state index in [1.54, 1.807) is 30.3 Å². The highest BCUT2D eigenvalue weighted by Gasteiger charge is 2.11. The predicted molar refractivity (Wildman–Crippen MR) is 74.3 cm³/mol. The Labute approximate surface area is 119 Å². The molecule has 3 aromatic rings. The van der Waals surface area contributed by atoms with Gasteiger partial charge in [0.2, 0.25) is 0 Å². The van der Waals surface area contributed by atoms with E-state index in [4.69, 9.17) is 9.63 Å². The number of hydrogen-bond donors (Lipinski definition) is 1. The Hall–Kier alpha value is -2.95. The summed E-state index contributed by atoms with van der Waals surface area (Å²) in [6.07, 6.45) is 0. The van der Waals surface area contributed by atoms with Gasteiger partial charge in [-0.1, -0.05) is 29.4 Å². The van der Waals surface area contributed by atoms with Crippen LogP contribution in [0.4, 0.5) is 4.39 Å². The van der Waals surface area contributed by atoms with Gasteiger partial charge in [-0.2, -0.15) is 0 Å². The summed E-state index contributed by atoms with van der Waals surface area (Å²) in [5.41, 5.74) is 1.85. The van der Waals surface area contributed by atoms with Crippen molar-refractivity contribution in [3.63, 3.8) is 0 Å². The van der Waals surface area contributed by atoms with Crippen molar-refractivity contribution in [3.8, 4) is 22.6 Å². The molecule has 1 heterocycles. The minimum absolute atomic E-state index is 0.163. The van der Waals surface area contributed by atoms with Crippen LogP contribution >= 0.6 is 0 Å². The first-order valence-electron chi connectivity index (χ1n) is 6.20. The van der Waals surface area contributed by atoms with Crippen molar-refractivity contribution in [2.75, 3.05) is 0 Å². The number of aromatic nitrogens is 1. The summed E-state index contributed by atoms with van der Waals surface area (Å²) in [4.78, 5) is 11.0. The Morgan fingerprint density at radius 3 is 2.57 bits per heavy atom.